The van der Waals surface area contributed by atoms with Gasteiger partial charge < -0.3 is 9.47 Å². The summed E-state index contributed by atoms with van der Waals surface area (Å²) in [5, 5.41) is 0.702. The molecule has 2 aromatic carbocycles. The van der Waals surface area contributed by atoms with Crippen molar-refractivity contribution in [2.75, 3.05) is 14.2 Å². The predicted molar refractivity (Wildman–Crippen MR) is 99.6 cm³/mol. The van der Waals surface area contributed by atoms with E-state index in [-0.39, 0.29) is 5.91 Å². The van der Waals surface area contributed by atoms with Gasteiger partial charge in [0.25, 0.3) is 5.91 Å². The summed E-state index contributed by atoms with van der Waals surface area (Å²) in [4.78, 5) is 16.9. The average Bonchev–Trinajstić information content (AvgIpc) is 2.65. The Hall–Kier alpha value is -2.64. The second kappa shape index (κ2) is 7.08. The third kappa shape index (κ3) is 3.29. The number of nitrogens with two attached hydrogens (primary N) is 1. The van der Waals surface area contributed by atoms with Crippen LogP contribution in [0.5, 0.6) is 11.5 Å². The summed E-state index contributed by atoms with van der Waals surface area (Å²) in [6, 6.07) is 12.7. The van der Waals surface area contributed by atoms with Gasteiger partial charge in [-0.25, -0.2) is 10.8 Å². The second-order valence-electron chi connectivity index (χ2n) is 5.26. The number of benzene rings is 2. The molecule has 0 atom stereocenters. The van der Waals surface area contributed by atoms with E-state index in [1.165, 1.54) is 0 Å². The number of hydrogen-bond acceptors (Lipinski definition) is 5. The van der Waals surface area contributed by atoms with Crippen LogP contribution in [0.2, 0.25) is 0 Å². The summed E-state index contributed by atoms with van der Waals surface area (Å²) >= 11 is 3.42. The Morgan fingerprint density at radius 3 is 2.60 bits per heavy atom. The standard InChI is InChI=1S/C18H16BrN3O3/c1-24-11-4-5-12(17(8-11)25-2)16-9-14(18(23)22-20)13-7-10(19)3-6-15(13)21-16/h3-9H,20H2,1-2H3,(H,22,23). The number of ether oxygens (including phenoxy) is 2. The van der Waals surface area contributed by atoms with Gasteiger partial charge >= 0.3 is 0 Å². The van der Waals surface area contributed by atoms with Crippen LogP contribution in [0.15, 0.2) is 46.9 Å². The molecule has 1 heterocycles. The van der Waals surface area contributed by atoms with Crippen LogP contribution in [0.4, 0.5) is 0 Å². The highest BCUT2D eigenvalue weighted by Gasteiger charge is 2.16. The molecule has 0 radical (unpaired) electrons. The highest BCUT2D eigenvalue weighted by Crippen LogP contribution is 2.34. The molecule has 3 rings (SSSR count). The van der Waals surface area contributed by atoms with E-state index in [1.54, 1.807) is 26.4 Å². The Balaban J connectivity index is 2.27. The third-order valence-electron chi connectivity index (χ3n) is 3.83. The molecule has 0 saturated carbocycles. The number of nitrogens with zero attached hydrogens (tertiary/aromatic N) is 1. The number of fused-ring (bicyclic) bond motifs is 1. The molecule has 3 N–H and O–H groups in total. The van der Waals surface area contributed by atoms with Crippen molar-refractivity contribution in [2.45, 2.75) is 0 Å². The van der Waals surface area contributed by atoms with Gasteiger partial charge in [-0.2, -0.15) is 0 Å². The number of aromatic nitrogens is 1. The minimum absolute atomic E-state index is 0.390. The van der Waals surface area contributed by atoms with Crippen molar-refractivity contribution in [1.82, 2.24) is 10.4 Å². The van der Waals surface area contributed by atoms with E-state index in [0.717, 1.165) is 10.0 Å². The van der Waals surface area contributed by atoms with Crippen LogP contribution < -0.4 is 20.7 Å². The fraction of sp³-hybridized carbons (Fsp3) is 0.111. The lowest BCUT2D eigenvalue weighted by Crippen LogP contribution is -2.30. The molecular formula is C18H16BrN3O3. The maximum Gasteiger partial charge on any atom is 0.265 e. The molecule has 0 fully saturated rings. The number of carbonyl (C=O) groups is 1. The Morgan fingerprint density at radius 1 is 1.12 bits per heavy atom. The van der Waals surface area contributed by atoms with E-state index in [9.17, 15) is 4.79 Å². The van der Waals surface area contributed by atoms with E-state index in [0.29, 0.717) is 33.7 Å². The zero-order valence-electron chi connectivity index (χ0n) is 13.7. The number of rotatable bonds is 4. The number of nitrogens with one attached hydrogen (secondary N) is 1. The monoisotopic (exact) mass is 401 g/mol. The van der Waals surface area contributed by atoms with Gasteiger partial charge in [-0.05, 0) is 36.4 Å². The minimum Gasteiger partial charge on any atom is -0.497 e. The minimum atomic E-state index is -0.390. The Labute approximate surface area is 153 Å². The van der Waals surface area contributed by atoms with Crippen LogP contribution in [0.3, 0.4) is 0 Å². The quantitative estimate of drug-likeness (QED) is 0.397. The number of methoxy groups -OCH3 is 2. The number of nitrogen functional groups attached to an aromatic ring is 1. The third-order valence-corrected chi connectivity index (χ3v) is 4.32. The topological polar surface area (TPSA) is 86.5 Å². The van der Waals surface area contributed by atoms with Crippen LogP contribution in [-0.4, -0.2) is 25.1 Å². The Bertz CT molecular complexity index is 960. The van der Waals surface area contributed by atoms with Crippen molar-refractivity contribution >= 4 is 32.7 Å². The van der Waals surface area contributed by atoms with Crippen molar-refractivity contribution in [3.63, 3.8) is 0 Å². The summed E-state index contributed by atoms with van der Waals surface area (Å²) < 4.78 is 11.5. The molecule has 0 aliphatic rings. The van der Waals surface area contributed by atoms with Gasteiger partial charge in [0.05, 0.1) is 31.0 Å². The predicted octanol–water partition coefficient (Wildman–Crippen LogP) is 3.29. The number of pyridine rings is 1. The molecule has 3 aromatic rings. The molecule has 7 heteroatoms. The van der Waals surface area contributed by atoms with Crippen molar-refractivity contribution in [2.24, 2.45) is 5.84 Å². The van der Waals surface area contributed by atoms with Crippen molar-refractivity contribution < 1.29 is 14.3 Å². The van der Waals surface area contributed by atoms with Gasteiger partial charge in [0, 0.05) is 21.5 Å². The first-order valence-corrected chi connectivity index (χ1v) is 8.20. The lowest BCUT2D eigenvalue weighted by atomic mass is 10.0. The molecule has 6 nitrogen and oxygen atoms in total. The maximum atomic E-state index is 12.2. The number of hydrazine groups is 1. The molecule has 0 saturated heterocycles. The lowest BCUT2D eigenvalue weighted by Gasteiger charge is -2.13. The number of amides is 1. The van der Waals surface area contributed by atoms with Gasteiger partial charge in [-0.3, -0.25) is 10.2 Å². The molecular weight excluding hydrogens is 386 g/mol. The number of hydrogen-bond donors (Lipinski definition) is 2. The van der Waals surface area contributed by atoms with Gasteiger partial charge in [0.2, 0.25) is 0 Å². The molecule has 128 valence electrons. The van der Waals surface area contributed by atoms with Gasteiger partial charge in [0.1, 0.15) is 11.5 Å². The molecule has 0 bridgehead atoms. The normalized spacial score (nSPS) is 10.6. The molecule has 1 aromatic heterocycles. The van der Waals surface area contributed by atoms with E-state index in [2.05, 4.69) is 26.3 Å². The number of carbonyl (C=O) groups excluding carboxylic acids is 1. The van der Waals surface area contributed by atoms with Crippen molar-refractivity contribution in [1.29, 1.82) is 0 Å². The summed E-state index contributed by atoms with van der Waals surface area (Å²) in [5.41, 5.74) is 4.65. The maximum absolute atomic E-state index is 12.2. The number of halogens is 1. The zero-order valence-corrected chi connectivity index (χ0v) is 15.3. The fourth-order valence-electron chi connectivity index (χ4n) is 2.61. The SMILES string of the molecule is COc1ccc(-c2cc(C(=O)NN)c3cc(Br)ccc3n2)c(OC)c1. The van der Waals surface area contributed by atoms with Crippen molar-refractivity contribution in [3.05, 3.63) is 52.5 Å². The van der Waals surface area contributed by atoms with E-state index < -0.39 is 0 Å². The molecule has 0 aliphatic carbocycles. The molecule has 0 unspecified atom stereocenters. The van der Waals surface area contributed by atoms with E-state index >= 15 is 0 Å². The first-order chi connectivity index (χ1) is 12.1. The average molecular weight is 402 g/mol. The molecule has 0 aliphatic heterocycles. The zero-order chi connectivity index (χ0) is 18.0. The summed E-state index contributed by atoms with van der Waals surface area (Å²) in [5.74, 6) is 6.22. The first kappa shape index (κ1) is 17.2. The second-order valence-corrected chi connectivity index (χ2v) is 6.17. The van der Waals surface area contributed by atoms with Gasteiger partial charge in [-0.1, -0.05) is 15.9 Å². The van der Waals surface area contributed by atoms with Crippen LogP contribution in [0.25, 0.3) is 22.2 Å². The largest absolute Gasteiger partial charge is 0.497 e. The van der Waals surface area contributed by atoms with Crippen LogP contribution >= 0.6 is 15.9 Å². The summed E-state index contributed by atoms with van der Waals surface area (Å²) in [6.07, 6.45) is 0. The van der Waals surface area contributed by atoms with E-state index in [4.69, 9.17) is 15.3 Å². The lowest BCUT2D eigenvalue weighted by molar-refractivity contribution is 0.0955. The van der Waals surface area contributed by atoms with Crippen molar-refractivity contribution in [3.8, 4) is 22.8 Å². The first-order valence-electron chi connectivity index (χ1n) is 7.41. The van der Waals surface area contributed by atoms with Crippen LogP contribution in [-0.2, 0) is 0 Å². The highest BCUT2D eigenvalue weighted by molar-refractivity contribution is 9.10. The van der Waals surface area contributed by atoms with Crippen LogP contribution in [0, 0.1) is 0 Å². The highest BCUT2D eigenvalue weighted by atomic mass is 79.9. The molecule has 25 heavy (non-hydrogen) atoms. The summed E-state index contributed by atoms with van der Waals surface area (Å²) in [6.45, 7) is 0. The van der Waals surface area contributed by atoms with Gasteiger partial charge in [0.15, 0.2) is 0 Å². The summed E-state index contributed by atoms with van der Waals surface area (Å²) in [7, 11) is 3.16. The fourth-order valence-corrected chi connectivity index (χ4v) is 2.97. The smallest absolute Gasteiger partial charge is 0.265 e. The molecule has 0 spiro atoms. The van der Waals surface area contributed by atoms with Gasteiger partial charge in [-0.15, -0.1) is 0 Å². The molecule has 1 amide bonds. The van der Waals surface area contributed by atoms with Crippen LogP contribution in [0.1, 0.15) is 10.4 Å². The Morgan fingerprint density at radius 2 is 1.92 bits per heavy atom. The van der Waals surface area contributed by atoms with E-state index in [1.807, 2.05) is 30.3 Å². The Kier molecular flexibility index (Phi) is 4.87.